The first-order valence-electron chi connectivity index (χ1n) is 11.0. The number of anilines is 1. The van der Waals surface area contributed by atoms with Gasteiger partial charge in [0.15, 0.2) is 0 Å². The summed E-state index contributed by atoms with van der Waals surface area (Å²) in [6.07, 6.45) is 2.03. The zero-order valence-corrected chi connectivity index (χ0v) is 18.4. The van der Waals surface area contributed by atoms with Crippen LogP contribution in [0.15, 0.2) is 60.8 Å². The summed E-state index contributed by atoms with van der Waals surface area (Å²) < 4.78 is 0. The third kappa shape index (κ3) is 5.42. The predicted octanol–water partition coefficient (Wildman–Crippen LogP) is 1.96. The maximum absolute atomic E-state index is 12.4. The van der Waals surface area contributed by atoms with E-state index in [1.165, 1.54) is 0 Å². The SMILES string of the molecule is CN1CCN(c2ncccc2CNC(=O)CNC(=O)Cc2cccc3ccccc23)CC1. The van der Waals surface area contributed by atoms with Gasteiger partial charge in [-0.15, -0.1) is 0 Å². The van der Waals surface area contributed by atoms with E-state index >= 15 is 0 Å². The number of carbonyl (C=O) groups is 2. The number of aromatic nitrogens is 1. The number of rotatable bonds is 7. The molecule has 7 nitrogen and oxygen atoms in total. The molecule has 0 unspecified atom stereocenters. The average Bonchev–Trinajstić information content (AvgIpc) is 2.82. The van der Waals surface area contributed by atoms with Crippen LogP contribution in [0.2, 0.25) is 0 Å². The minimum atomic E-state index is -0.218. The molecule has 4 rings (SSSR count). The molecule has 1 aromatic heterocycles. The van der Waals surface area contributed by atoms with Crippen molar-refractivity contribution in [2.45, 2.75) is 13.0 Å². The molecule has 7 heteroatoms. The van der Waals surface area contributed by atoms with Gasteiger partial charge >= 0.3 is 0 Å². The Balaban J connectivity index is 1.28. The topological polar surface area (TPSA) is 77.6 Å². The van der Waals surface area contributed by atoms with Gasteiger partial charge in [-0.2, -0.15) is 0 Å². The number of nitrogens with one attached hydrogen (secondary N) is 2. The minimum absolute atomic E-state index is 0.0479. The van der Waals surface area contributed by atoms with E-state index in [9.17, 15) is 9.59 Å². The van der Waals surface area contributed by atoms with E-state index in [0.717, 1.165) is 53.9 Å². The van der Waals surface area contributed by atoms with Crippen molar-refractivity contribution in [3.05, 3.63) is 71.9 Å². The number of nitrogens with zero attached hydrogens (tertiary/aromatic N) is 3. The highest BCUT2D eigenvalue weighted by Crippen LogP contribution is 2.19. The maximum Gasteiger partial charge on any atom is 0.239 e. The van der Waals surface area contributed by atoms with Crippen molar-refractivity contribution in [3.8, 4) is 0 Å². The summed E-state index contributed by atoms with van der Waals surface area (Å²) in [6, 6.07) is 17.8. The highest BCUT2D eigenvalue weighted by Gasteiger charge is 2.18. The molecule has 3 aromatic rings. The second-order valence-electron chi connectivity index (χ2n) is 8.14. The fourth-order valence-corrected chi connectivity index (χ4v) is 3.99. The van der Waals surface area contributed by atoms with E-state index < -0.39 is 0 Å². The van der Waals surface area contributed by atoms with E-state index in [2.05, 4.69) is 32.5 Å². The second kappa shape index (κ2) is 10.2. The van der Waals surface area contributed by atoms with Crippen LogP contribution in [0.1, 0.15) is 11.1 Å². The van der Waals surface area contributed by atoms with Gasteiger partial charge in [0.1, 0.15) is 5.82 Å². The van der Waals surface area contributed by atoms with Gasteiger partial charge in [0.2, 0.25) is 11.8 Å². The first kappa shape index (κ1) is 21.8. The van der Waals surface area contributed by atoms with Crippen LogP contribution in [0.4, 0.5) is 5.82 Å². The molecule has 2 amide bonds. The zero-order valence-electron chi connectivity index (χ0n) is 18.4. The number of hydrogen-bond acceptors (Lipinski definition) is 5. The Morgan fingerprint density at radius 2 is 1.62 bits per heavy atom. The van der Waals surface area contributed by atoms with Crippen molar-refractivity contribution in [3.63, 3.8) is 0 Å². The predicted molar refractivity (Wildman–Crippen MR) is 126 cm³/mol. The van der Waals surface area contributed by atoms with Gasteiger partial charge in [-0.05, 0) is 29.4 Å². The summed E-state index contributed by atoms with van der Waals surface area (Å²) in [5.41, 5.74) is 1.93. The zero-order chi connectivity index (χ0) is 22.3. The van der Waals surface area contributed by atoms with Crippen LogP contribution in [0, 0.1) is 0 Å². The molecule has 2 N–H and O–H groups in total. The Kier molecular flexibility index (Phi) is 6.97. The first-order valence-corrected chi connectivity index (χ1v) is 11.0. The van der Waals surface area contributed by atoms with Crippen molar-refractivity contribution in [2.75, 3.05) is 44.7 Å². The molecule has 2 aromatic carbocycles. The van der Waals surface area contributed by atoms with Crippen LogP contribution >= 0.6 is 0 Å². The van der Waals surface area contributed by atoms with Crippen LogP contribution in [0.5, 0.6) is 0 Å². The van der Waals surface area contributed by atoms with Crippen LogP contribution in [-0.4, -0.2) is 61.5 Å². The van der Waals surface area contributed by atoms with Crippen molar-refractivity contribution in [1.82, 2.24) is 20.5 Å². The van der Waals surface area contributed by atoms with Crippen molar-refractivity contribution >= 4 is 28.4 Å². The van der Waals surface area contributed by atoms with Gasteiger partial charge in [0.05, 0.1) is 13.0 Å². The molecule has 1 aliphatic heterocycles. The molecule has 0 saturated carbocycles. The standard InChI is InChI=1S/C25H29N5O2/c1-29-12-14-30(15-13-29)25-21(9-5-11-26-25)17-27-24(32)18-28-23(31)16-20-8-4-7-19-6-2-3-10-22(19)20/h2-11H,12-18H2,1H3,(H,27,32)(H,28,31). The summed E-state index contributed by atoms with van der Waals surface area (Å²) in [5, 5.41) is 7.80. The molecule has 0 atom stereocenters. The smallest absolute Gasteiger partial charge is 0.239 e. The fraction of sp³-hybridized carbons (Fsp3) is 0.320. The average molecular weight is 432 g/mol. The molecule has 0 bridgehead atoms. The Labute approximate surface area is 188 Å². The van der Waals surface area contributed by atoms with E-state index in [4.69, 9.17) is 0 Å². The number of likely N-dealkylation sites (N-methyl/N-ethyl adjacent to an activating group) is 1. The third-order valence-electron chi connectivity index (χ3n) is 5.82. The molecule has 0 spiro atoms. The molecule has 166 valence electrons. The van der Waals surface area contributed by atoms with Crippen LogP contribution in [0.3, 0.4) is 0 Å². The number of fused-ring (bicyclic) bond motifs is 1. The summed E-state index contributed by atoms with van der Waals surface area (Å²) >= 11 is 0. The second-order valence-corrected chi connectivity index (χ2v) is 8.14. The number of piperazine rings is 1. The Morgan fingerprint density at radius 1 is 0.875 bits per heavy atom. The molecule has 2 heterocycles. The maximum atomic E-state index is 12.4. The van der Waals surface area contributed by atoms with Crippen LogP contribution in [0.25, 0.3) is 10.8 Å². The Bertz CT molecular complexity index is 1090. The van der Waals surface area contributed by atoms with Crippen molar-refractivity contribution < 1.29 is 9.59 Å². The lowest BCUT2D eigenvalue weighted by Crippen LogP contribution is -2.45. The Morgan fingerprint density at radius 3 is 2.47 bits per heavy atom. The minimum Gasteiger partial charge on any atom is -0.354 e. The van der Waals surface area contributed by atoms with Gasteiger partial charge in [-0.25, -0.2) is 4.98 Å². The molecular weight excluding hydrogens is 402 g/mol. The number of carbonyl (C=O) groups excluding carboxylic acids is 2. The number of hydrogen-bond donors (Lipinski definition) is 2. The fourth-order valence-electron chi connectivity index (χ4n) is 3.99. The summed E-state index contributed by atoms with van der Waals surface area (Å²) in [4.78, 5) is 33.8. The molecule has 1 fully saturated rings. The monoisotopic (exact) mass is 431 g/mol. The van der Waals surface area contributed by atoms with Gasteiger partial charge in [0, 0.05) is 44.5 Å². The van der Waals surface area contributed by atoms with Crippen LogP contribution in [-0.2, 0) is 22.6 Å². The van der Waals surface area contributed by atoms with E-state index in [-0.39, 0.29) is 24.8 Å². The van der Waals surface area contributed by atoms with Crippen LogP contribution < -0.4 is 15.5 Å². The van der Waals surface area contributed by atoms with E-state index in [1.54, 1.807) is 6.20 Å². The molecule has 32 heavy (non-hydrogen) atoms. The third-order valence-corrected chi connectivity index (χ3v) is 5.82. The number of amides is 2. The molecular formula is C25H29N5O2. The lowest BCUT2D eigenvalue weighted by atomic mass is 10.0. The van der Waals surface area contributed by atoms with Gasteiger partial charge in [-0.3, -0.25) is 9.59 Å². The van der Waals surface area contributed by atoms with Gasteiger partial charge in [-0.1, -0.05) is 48.5 Å². The Hall–Kier alpha value is -3.45. The lowest BCUT2D eigenvalue weighted by Gasteiger charge is -2.34. The van der Waals surface area contributed by atoms with E-state index in [1.807, 2.05) is 54.6 Å². The normalized spacial score (nSPS) is 14.3. The quantitative estimate of drug-likeness (QED) is 0.598. The van der Waals surface area contributed by atoms with Gasteiger partial charge < -0.3 is 20.4 Å². The van der Waals surface area contributed by atoms with Crippen molar-refractivity contribution in [1.29, 1.82) is 0 Å². The highest BCUT2D eigenvalue weighted by molar-refractivity contribution is 5.91. The molecule has 1 aliphatic rings. The first-order chi connectivity index (χ1) is 15.6. The van der Waals surface area contributed by atoms with Crippen molar-refractivity contribution in [2.24, 2.45) is 0 Å². The summed E-state index contributed by atoms with van der Waals surface area (Å²) in [7, 11) is 2.12. The molecule has 1 saturated heterocycles. The highest BCUT2D eigenvalue weighted by atomic mass is 16.2. The number of benzene rings is 2. The molecule has 0 aliphatic carbocycles. The largest absolute Gasteiger partial charge is 0.354 e. The van der Waals surface area contributed by atoms with Gasteiger partial charge in [0.25, 0.3) is 0 Å². The molecule has 0 radical (unpaired) electrons. The summed E-state index contributed by atoms with van der Waals surface area (Å²) in [5.74, 6) is 0.529. The summed E-state index contributed by atoms with van der Waals surface area (Å²) in [6.45, 7) is 4.15. The van der Waals surface area contributed by atoms with E-state index in [0.29, 0.717) is 6.54 Å². The number of pyridine rings is 1. The lowest BCUT2D eigenvalue weighted by molar-refractivity contribution is -0.125.